The zero-order chi connectivity index (χ0) is 22.6. The molecular formula is C23H25FN6OS. The predicted molar refractivity (Wildman–Crippen MR) is 126 cm³/mol. The molecule has 0 spiro atoms. The summed E-state index contributed by atoms with van der Waals surface area (Å²) in [6.07, 6.45) is 3.39. The molecule has 7 nitrogen and oxygen atoms in total. The Morgan fingerprint density at radius 2 is 1.94 bits per heavy atom. The van der Waals surface area contributed by atoms with Gasteiger partial charge >= 0.3 is 0 Å². The second kappa shape index (κ2) is 7.83. The summed E-state index contributed by atoms with van der Waals surface area (Å²) in [7, 11) is 0. The third-order valence-corrected chi connectivity index (χ3v) is 6.65. The fourth-order valence-electron chi connectivity index (χ4n) is 4.50. The predicted octanol–water partition coefficient (Wildman–Crippen LogP) is 4.14. The molecule has 1 amide bonds. The van der Waals surface area contributed by atoms with Gasteiger partial charge in [0.05, 0.1) is 37.9 Å². The number of aromatic nitrogens is 3. The number of hydrogen-bond acceptors (Lipinski definition) is 6. The van der Waals surface area contributed by atoms with Crippen molar-refractivity contribution in [2.75, 3.05) is 23.3 Å². The summed E-state index contributed by atoms with van der Waals surface area (Å²) in [4.78, 5) is 24.3. The first-order valence-corrected chi connectivity index (χ1v) is 11.5. The van der Waals surface area contributed by atoms with Crippen LogP contribution in [0.1, 0.15) is 34.9 Å². The van der Waals surface area contributed by atoms with E-state index in [1.54, 1.807) is 35.1 Å². The van der Waals surface area contributed by atoms with Crippen LogP contribution in [-0.2, 0) is 0 Å². The molecule has 1 aliphatic heterocycles. The maximum absolute atomic E-state index is 14.4. The molecule has 0 radical (unpaired) electrons. The van der Waals surface area contributed by atoms with Gasteiger partial charge < -0.3 is 19.9 Å². The van der Waals surface area contributed by atoms with Crippen LogP contribution >= 0.6 is 11.3 Å². The molecular weight excluding hydrogens is 427 g/mol. The van der Waals surface area contributed by atoms with Gasteiger partial charge in [0.2, 0.25) is 0 Å². The lowest BCUT2D eigenvalue weighted by Gasteiger charge is -2.37. The molecule has 32 heavy (non-hydrogen) atoms. The standard InChI is InChI=1S/C23H25FN6OS/c1-12-8-29(9-13(2)25-12)19-6-5-17(20-21(19)32-15(4)27-20)23(31)28-16-7-18(24)22-26-14(3)10-30(22)11-16/h5-7,10-13,25H,8-9H2,1-4H3,(H,28,31)/t12-,13-/m0/s1. The second-order valence-corrected chi connectivity index (χ2v) is 9.76. The van der Waals surface area contributed by atoms with Crippen LogP contribution in [-0.4, -0.2) is 45.4 Å². The van der Waals surface area contributed by atoms with Crippen molar-refractivity contribution in [3.8, 4) is 0 Å². The minimum atomic E-state index is -0.483. The number of imidazole rings is 1. The highest BCUT2D eigenvalue weighted by atomic mass is 32.1. The Labute approximate surface area is 189 Å². The van der Waals surface area contributed by atoms with E-state index in [-0.39, 0.29) is 11.6 Å². The number of rotatable bonds is 3. The van der Waals surface area contributed by atoms with Gasteiger partial charge in [-0.3, -0.25) is 4.79 Å². The Bertz CT molecular complexity index is 1340. The maximum atomic E-state index is 14.4. The topological polar surface area (TPSA) is 74.6 Å². The number of thiazole rings is 1. The van der Waals surface area contributed by atoms with Gasteiger partial charge in [0.1, 0.15) is 0 Å². The molecule has 1 saturated heterocycles. The van der Waals surface area contributed by atoms with E-state index in [1.165, 1.54) is 6.07 Å². The van der Waals surface area contributed by atoms with E-state index in [0.717, 1.165) is 28.5 Å². The Balaban J connectivity index is 1.50. The molecule has 2 N–H and O–H groups in total. The summed E-state index contributed by atoms with van der Waals surface area (Å²) < 4.78 is 17.0. The number of piperazine rings is 1. The number of carbonyl (C=O) groups excluding carboxylic acids is 1. The van der Waals surface area contributed by atoms with Crippen LogP contribution in [0.4, 0.5) is 15.8 Å². The minimum absolute atomic E-state index is 0.238. The first-order chi connectivity index (χ1) is 15.3. The van der Waals surface area contributed by atoms with Crippen LogP contribution in [0.3, 0.4) is 0 Å². The van der Waals surface area contributed by atoms with Gasteiger partial charge in [0, 0.05) is 43.6 Å². The van der Waals surface area contributed by atoms with Crippen molar-refractivity contribution in [3.63, 3.8) is 0 Å². The first-order valence-electron chi connectivity index (χ1n) is 10.7. The van der Waals surface area contributed by atoms with Crippen molar-refractivity contribution in [2.24, 2.45) is 0 Å². The van der Waals surface area contributed by atoms with Crippen molar-refractivity contribution in [2.45, 2.75) is 39.8 Å². The Morgan fingerprint density at radius 1 is 1.19 bits per heavy atom. The monoisotopic (exact) mass is 452 g/mol. The van der Waals surface area contributed by atoms with Gasteiger partial charge in [-0.25, -0.2) is 14.4 Å². The number of pyridine rings is 1. The van der Waals surface area contributed by atoms with E-state index in [2.05, 4.69) is 39.3 Å². The Morgan fingerprint density at radius 3 is 2.69 bits per heavy atom. The highest BCUT2D eigenvalue weighted by Gasteiger charge is 2.25. The van der Waals surface area contributed by atoms with Crippen molar-refractivity contribution in [3.05, 3.63) is 52.7 Å². The number of anilines is 2. The molecule has 166 valence electrons. The summed E-state index contributed by atoms with van der Waals surface area (Å²) >= 11 is 1.59. The molecule has 1 aromatic carbocycles. The lowest BCUT2D eigenvalue weighted by Crippen LogP contribution is -2.54. The normalized spacial score (nSPS) is 19.1. The molecule has 0 bridgehead atoms. The zero-order valence-electron chi connectivity index (χ0n) is 18.4. The third kappa shape index (κ3) is 3.71. The number of halogens is 1. The smallest absolute Gasteiger partial charge is 0.257 e. The number of amides is 1. The quantitative estimate of drug-likeness (QED) is 0.489. The molecule has 0 saturated carbocycles. The second-order valence-electron chi connectivity index (χ2n) is 8.56. The molecule has 9 heteroatoms. The summed E-state index contributed by atoms with van der Waals surface area (Å²) in [6, 6.07) is 5.87. The Hall–Kier alpha value is -3.04. The molecule has 5 rings (SSSR count). The number of nitrogens with zero attached hydrogens (tertiary/aromatic N) is 4. The molecule has 3 aromatic heterocycles. The largest absolute Gasteiger partial charge is 0.367 e. The summed E-state index contributed by atoms with van der Waals surface area (Å²) in [5.74, 6) is -0.799. The van der Waals surface area contributed by atoms with Crippen LogP contribution < -0.4 is 15.5 Å². The molecule has 2 atom stereocenters. The van der Waals surface area contributed by atoms with Crippen LogP contribution in [0.2, 0.25) is 0 Å². The van der Waals surface area contributed by atoms with Crippen molar-refractivity contribution in [1.29, 1.82) is 0 Å². The molecule has 1 fully saturated rings. The van der Waals surface area contributed by atoms with Gasteiger partial charge in [-0.2, -0.15) is 0 Å². The fourth-order valence-corrected chi connectivity index (χ4v) is 5.49. The minimum Gasteiger partial charge on any atom is -0.367 e. The fraction of sp³-hybridized carbons (Fsp3) is 0.348. The third-order valence-electron chi connectivity index (χ3n) is 5.66. The van der Waals surface area contributed by atoms with Gasteiger partial charge in [0.25, 0.3) is 5.91 Å². The van der Waals surface area contributed by atoms with E-state index >= 15 is 0 Å². The van der Waals surface area contributed by atoms with Crippen molar-refractivity contribution < 1.29 is 9.18 Å². The number of carbonyl (C=O) groups is 1. The van der Waals surface area contributed by atoms with Crippen LogP contribution in [0.15, 0.2) is 30.6 Å². The number of nitrogens with one attached hydrogen (secondary N) is 2. The van der Waals surface area contributed by atoms with Crippen LogP contribution in [0, 0.1) is 19.7 Å². The average Bonchev–Trinajstić information content (AvgIpc) is 3.28. The van der Waals surface area contributed by atoms with E-state index in [0.29, 0.717) is 34.5 Å². The number of hydrogen-bond donors (Lipinski definition) is 2. The van der Waals surface area contributed by atoms with E-state index in [9.17, 15) is 9.18 Å². The van der Waals surface area contributed by atoms with E-state index < -0.39 is 5.82 Å². The number of aryl methyl sites for hydroxylation is 2. The van der Waals surface area contributed by atoms with Gasteiger partial charge in [0.15, 0.2) is 11.5 Å². The van der Waals surface area contributed by atoms with Crippen molar-refractivity contribution >= 4 is 44.5 Å². The first kappa shape index (κ1) is 20.8. The SMILES string of the molecule is Cc1cn2cc(NC(=O)c3ccc(N4C[C@H](C)N[C@@H](C)C4)c4sc(C)nc34)cc(F)c2n1. The van der Waals surface area contributed by atoms with E-state index in [1.807, 2.05) is 19.1 Å². The highest BCUT2D eigenvalue weighted by Crippen LogP contribution is 2.35. The summed E-state index contributed by atoms with van der Waals surface area (Å²) in [5, 5.41) is 7.28. The summed E-state index contributed by atoms with van der Waals surface area (Å²) in [6.45, 7) is 9.89. The zero-order valence-corrected chi connectivity index (χ0v) is 19.3. The Kier molecular flexibility index (Phi) is 5.10. The molecule has 4 heterocycles. The highest BCUT2D eigenvalue weighted by molar-refractivity contribution is 7.19. The molecule has 1 aliphatic rings. The average molecular weight is 453 g/mol. The summed E-state index contributed by atoms with van der Waals surface area (Å²) in [5.41, 5.74) is 3.57. The van der Waals surface area contributed by atoms with E-state index in [4.69, 9.17) is 0 Å². The number of fused-ring (bicyclic) bond motifs is 2. The van der Waals surface area contributed by atoms with Gasteiger partial charge in [-0.1, -0.05) is 0 Å². The van der Waals surface area contributed by atoms with Gasteiger partial charge in [-0.05, 0) is 39.8 Å². The maximum Gasteiger partial charge on any atom is 0.257 e. The van der Waals surface area contributed by atoms with Crippen LogP contribution in [0.5, 0.6) is 0 Å². The molecule has 4 aromatic rings. The van der Waals surface area contributed by atoms with Crippen molar-refractivity contribution in [1.82, 2.24) is 19.7 Å². The molecule has 0 unspecified atom stereocenters. The lowest BCUT2D eigenvalue weighted by atomic mass is 10.1. The van der Waals surface area contributed by atoms with Crippen LogP contribution in [0.25, 0.3) is 15.9 Å². The van der Waals surface area contributed by atoms with Gasteiger partial charge in [-0.15, -0.1) is 11.3 Å². The molecule has 0 aliphatic carbocycles. The number of benzene rings is 1. The lowest BCUT2D eigenvalue weighted by molar-refractivity contribution is 0.102.